The van der Waals surface area contributed by atoms with Crippen LogP contribution in [0.25, 0.3) is 22.1 Å². The van der Waals surface area contributed by atoms with Crippen molar-refractivity contribution in [1.82, 2.24) is 10.2 Å². The molecule has 0 radical (unpaired) electrons. The molecule has 1 aromatic heterocycles. The molecule has 47 heavy (non-hydrogen) atoms. The Labute approximate surface area is 269 Å². The van der Waals surface area contributed by atoms with Crippen molar-refractivity contribution in [3.8, 4) is 11.3 Å². The minimum atomic E-state index is -1.81. The van der Waals surface area contributed by atoms with Crippen LogP contribution in [0.5, 0.6) is 0 Å². The third kappa shape index (κ3) is 5.30. The number of nitro benzene ring substituents is 1. The minimum Gasteiger partial charge on any atom is -0.480 e. The summed E-state index contributed by atoms with van der Waals surface area (Å²) in [4.78, 5) is 53.4. The number of hydrogen-bond donors (Lipinski definition) is 3. The summed E-state index contributed by atoms with van der Waals surface area (Å²) in [6.07, 6.45) is -0.0458. The van der Waals surface area contributed by atoms with E-state index in [2.05, 4.69) is 10.6 Å². The summed E-state index contributed by atoms with van der Waals surface area (Å²) < 4.78 is 6.18. The predicted molar refractivity (Wildman–Crippen MR) is 173 cm³/mol. The number of amides is 2. The van der Waals surface area contributed by atoms with E-state index in [1.165, 1.54) is 12.1 Å². The number of anilines is 1. The number of imide groups is 1. The SMILES string of the molecule is O=C1C2C(c3ccc(-c4ccc([N+](=O)[O-])cc4)o3)NC(Cc3ccc4ccccc4c3)(C(=O)O)C2C(=O)N1CCNc1ccccc1. The van der Waals surface area contributed by atoms with Gasteiger partial charge < -0.3 is 14.8 Å². The summed E-state index contributed by atoms with van der Waals surface area (Å²) in [6, 6.07) is 31.0. The Kier molecular flexibility index (Phi) is 7.53. The molecule has 2 amide bonds. The zero-order valence-electron chi connectivity index (χ0n) is 25.0. The van der Waals surface area contributed by atoms with E-state index in [9.17, 15) is 29.6 Å². The fourth-order valence-corrected chi connectivity index (χ4v) is 6.92. The van der Waals surface area contributed by atoms with Gasteiger partial charge >= 0.3 is 5.97 Å². The molecular formula is C36H30N4O7. The molecule has 4 atom stereocenters. The van der Waals surface area contributed by atoms with Gasteiger partial charge in [-0.1, -0.05) is 60.7 Å². The molecule has 4 aromatic carbocycles. The van der Waals surface area contributed by atoms with Crippen LogP contribution in [0.1, 0.15) is 17.4 Å². The Morgan fingerprint density at radius 2 is 1.64 bits per heavy atom. The van der Waals surface area contributed by atoms with E-state index >= 15 is 0 Å². The van der Waals surface area contributed by atoms with Crippen LogP contribution in [0.2, 0.25) is 0 Å². The highest BCUT2D eigenvalue weighted by Crippen LogP contribution is 2.50. The van der Waals surface area contributed by atoms with Crippen molar-refractivity contribution in [3.05, 3.63) is 131 Å². The van der Waals surface area contributed by atoms with Crippen molar-refractivity contribution in [2.75, 3.05) is 18.4 Å². The standard InChI is InChI=1S/C36H30N4O7/c41-33-30-31(34(42)39(33)19-18-37-26-8-2-1-3-9-26)36(35(43)44,21-22-10-11-23-6-4-5-7-25(23)20-22)38-32(30)29-17-16-28(47-29)24-12-14-27(15-13-24)40(45)46/h1-17,20,30-32,37-38H,18-19,21H2,(H,43,44). The quantitative estimate of drug-likeness (QED) is 0.104. The molecule has 0 saturated carbocycles. The van der Waals surface area contributed by atoms with Gasteiger partial charge in [-0.15, -0.1) is 0 Å². The van der Waals surface area contributed by atoms with Crippen LogP contribution in [0.3, 0.4) is 0 Å². The van der Waals surface area contributed by atoms with Crippen LogP contribution in [-0.2, 0) is 20.8 Å². The molecule has 11 heteroatoms. The van der Waals surface area contributed by atoms with E-state index in [-0.39, 0.29) is 25.2 Å². The molecule has 5 aromatic rings. The Bertz CT molecular complexity index is 2010. The number of carbonyl (C=O) groups is 3. The van der Waals surface area contributed by atoms with E-state index in [4.69, 9.17) is 4.42 Å². The number of furan rings is 1. The van der Waals surface area contributed by atoms with Crippen molar-refractivity contribution in [1.29, 1.82) is 0 Å². The molecule has 2 saturated heterocycles. The number of nitro groups is 1. The first-order chi connectivity index (χ1) is 22.7. The van der Waals surface area contributed by atoms with Crippen LogP contribution >= 0.6 is 0 Å². The Balaban J connectivity index is 1.24. The molecule has 0 spiro atoms. The highest BCUT2D eigenvalue weighted by molar-refractivity contribution is 6.09. The lowest BCUT2D eigenvalue weighted by Gasteiger charge is -2.31. The lowest BCUT2D eigenvalue weighted by Crippen LogP contribution is -2.57. The number of likely N-dealkylation sites (tertiary alicyclic amines) is 1. The van der Waals surface area contributed by atoms with Crippen LogP contribution < -0.4 is 10.6 Å². The largest absolute Gasteiger partial charge is 0.480 e. The number of nitrogens with zero attached hydrogens (tertiary/aromatic N) is 2. The highest BCUT2D eigenvalue weighted by atomic mass is 16.6. The van der Waals surface area contributed by atoms with Gasteiger partial charge in [-0.3, -0.25) is 34.7 Å². The summed E-state index contributed by atoms with van der Waals surface area (Å²) in [5, 5.41) is 30.3. The first-order valence-corrected chi connectivity index (χ1v) is 15.2. The average Bonchev–Trinajstić information content (AvgIpc) is 3.77. The number of carboxylic acids is 1. The molecule has 2 aliphatic rings. The van der Waals surface area contributed by atoms with Crippen molar-refractivity contribution in [2.45, 2.75) is 18.0 Å². The maximum atomic E-state index is 14.1. The first-order valence-electron chi connectivity index (χ1n) is 15.2. The molecule has 4 unspecified atom stereocenters. The Hall–Kier alpha value is -5.81. The van der Waals surface area contributed by atoms with E-state index in [0.29, 0.717) is 22.6 Å². The summed E-state index contributed by atoms with van der Waals surface area (Å²) in [5.74, 6) is -3.81. The van der Waals surface area contributed by atoms with E-state index in [1.54, 1.807) is 24.3 Å². The van der Waals surface area contributed by atoms with Crippen LogP contribution in [-0.4, -0.2) is 51.3 Å². The van der Waals surface area contributed by atoms with Gasteiger partial charge in [0.05, 0.1) is 22.8 Å². The van der Waals surface area contributed by atoms with Gasteiger partial charge in [0.25, 0.3) is 5.69 Å². The van der Waals surface area contributed by atoms with Crippen molar-refractivity contribution >= 4 is 39.9 Å². The lowest BCUT2D eigenvalue weighted by molar-refractivity contribution is -0.384. The smallest absolute Gasteiger partial charge is 0.325 e. The van der Waals surface area contributed by atoms with Gasteiger partial charge in [0, 0.05) is 42.9 Å². The Morgan fingerprint density at radius 3 is 2.36 bits per heavy atom. The highest BCUT2D eigenvalue weighted by Gasteiger charge is 2.68. The zero-order valence-corrected chi connectivity index (χ0v) is 25.0. The number of benzene rings is 4. The molecule has 3 heterocycles. The summed E-state index contributed by atoms with van der Waals surface area (Å²) in [5.41, 5.74) is 0.217. The van der Waals surface area contributed by atoms with Crippen LogP contribution in [0, 0.1) is 22.0 Å². The molecule has 11 nitrogen and oxygen atoms in total. The Morgan fingerprint density at radius 1 is 0.915 bits per heavy atom. The second-order valence-electron chi connectivity index (χ2n) is 11.9. The maximum absolute atomic E-state index is 14.1. The number of hydrogen-bond acceptors (Lipinski definition) is 8. The summed E-state index contributed by atoms with van der Waals surface area (Å²) >= 11 is 0. The van der Waals surface area contributed by atoms with Crippen LogP contribution in [0.4, 0.5) is 11.4 Å². The fraction of sp³-hybridized carbons (Fsp3) is 0.194. The monoisotopic (exact) mass is 630 g/mol. The molecule has 2 fully saturated rings. The topological polar surface area (TPSA) is 155 Å². The van der Waals surface area contributed by atoms with Crippen molar-refractivity contribution < 1.29 is 28.8 Å². The molecular weight excluding hydrogens is 600 g/mol. The van der Waals surface area contributed by atoms with Gasteiger partial charge in [0.15, 0.2) is 0 Å². The van der Waals surface area contributed by atoms with Gasteiger partial charge in [-0.25, -0.2) is 0 Å². The fourth-order valence-electron chi connectivity index (χ4n) is 6.92. The number of para-hydroxylation sites is 1. The van der Waals surface area contributed by atoms with Crippen molar-refractivity contribution in [2.24, 2.45) is 11.8 Å². The van der Waals surface area contributed by atoms with E-state index in [0.717, 1.165) is 21.4 Å². The average molecular weight is 631 g/mol. The van der Waals surface area contributed by atoms with Crippen LogP contribution in [0.15, 0.2) is 114 Å². The summed E-state index contributed by atoms with van der Waals surface area (Å²) in [7, 11) is 0. The van der Waals surface area contributed by atoms with Gasteiger partial charge in [-0.2, -0.15) is 0 Å². The van der Waals surface area contributed by atoms with E-state index < -0.39 is 46.1 Å². The normalized spacial score (nSPS) is 22.0. The second-order valence-corrected chi connectivity index (χ2v) is 11.9. The molecule has 7 rings (SSSR count). The third-order valence-electron chi connectivity index (χ3n) is 9.16. The van der Waals surface area contributed by atoms with Gasteiger partial charge in [-0.05, 0) is 52.7 Å². The number of non-ortho nitro benzene ring substituents is 1. The number of carbonyl (C=O) groups excluding carboxylic acids is 2. The number of nitrogens with one attached hydrogen (secondary N) is 2. The summed E-state index contributed by atoms with van der Waals surface area (Å²) in [6.45, 7) is 0.346. The first kappa shape index (κ1) is 29.9. The number of rotatable bonds is 10. The van der Waals surface area contributed by atoms with Gasteiger partial charge in [0.2, 0.25) is 11.8 Å². The molecule has 2 aliphatic heterocycles. The lowest BCUT2D eigenvalue weighted by atomic mass is 9.76. The van der Waals surface area contributed by atoms with Gasteiger partial charge in [0.1, 0.15) is 17.1 Å². The zero-order chi connectivity index (χ0) is 32.7. The number of aliphatic carboxylic acids is 1. The molecule has 3 N–H and O–H groups in total. The third-order valence-corrected chi connectivity index (χ3v) is 9.16. The van der Waals surface area contributed by atoms with E-state index in [1.807, 2.05) is 72.8 Å². The molecule has 0 aliphatic carbocycles. The number of fused-ring (bicyclic) bond motifs is 2. The molecule has 236 valence electrons. The minimum absolute atomic E-state index is 0.0458. The maximum Gasteiger partial charge on any atom is 0.325 e. The predicted octanol–water partition coefficient (Wildman–Crippen LogP) is 5.43. The number of carboxylic acid groups (broad SMARTS) is 1. The van der Waals surface area contributed by atoms with Crippen molar-refractivity contribution in [3.63, 3.8) is 0 Å². The second kappa shape index (κ2) is 11.8. The molecule has 0 bridgehead atoms.